The van der Waals surface area contributed by atoms with Gasteiger partial charge in [0.05, 0.1) is 19.2 Å². The van der Waals surface area contributed by atoms with Crippen molar-refractivity contribution in [1.82, 2.24) is 16.0 Å². The molecule has 0 heterocycles. The molecule has 0 fully saturated rings. The van der Waals surface area contributed by atoms with Crippen molar-refractivity contribution in [3.8, 4) is 0 Å². The molecule has 0 aromatic carbocycles. The lowest BCUT2D eigenvalue weighted by Gasteiger charge is -2.20. The number of rotatable bonds is 15. The van der Waals surface area contributed by atoms with Crippen molar-refractivity contribution in [3.05, 3.63) is 0 Å². The molecule has 35 heavy (non-hydrogen) atoms. The van der Waals surface area contributed by atoms with E-state index in [-0.39, 0.29) is 25.3 Å². The maximum Gasteiger partial charge on any atom is 0.328 e. The number of hydrogen-bond acceptors (Lipinski definition) is 9. The zero-order chi connectivity index (χ0) is 27.6. The van der Waals surface area contributed by atoms with Crippen LogP contribution in [0.4, 0.5) is 0 Å². The third-order valence-electron chi connectivity index (χ3n) is 3.82. The lowest BCUT2D eigenvalue weighted by atomic mass is 10.1. The van der Waals surface area contributed by atoms with Crippen LogP contribution >= 0.6 is 0 Å². The van der Waals surface area contributed by atoms with E-state index in [4.69, 9.17) is 42.4 Å². The van der Waals surface area contributed by atoms with Crippen molar-refractivity contribution in [3.63, 3.8) is 0 Å². The highest BCUT2D eigenvalue weighted by atomic mass is 16.4. The van der Waals surface area contributed by atoms with Crippen molar-refractivity contribution < 1.29 is 49.2 Å². The number of amides is 3. The lowest BCUT2D eigenvalue weighted by Crippen LogP contribution is -2.54. The number of aliphatic imine (C=N–C) groups is 1. The van der Waals surface area contributed by atoms with Gasteiger partial charge in [-0.1, -0.05) is 0 Å². The Morgan fingerprint density at radius 3 is 1.94 bits per heavy atom. The summed E-state index contributed by atoms with van der Waals surface area (Å²) in [6.45, 7) is -0.104. The number of carboxylic acid groups (broad SMARTS) is 3. The van der Waals surface area contributed by atoms with Crippen LogP contribution in [-0.2, 0) is 28.8 Å². The number of nitrogens with one attached hydrogen (secondary N) is 3. The topological polar surface area (TPSA) is 310 Å². The van der Waals surface area contributed by atoms with Crippen molar-refractivity contribution in [1.29, 1.82) is 0 Å². The quantitative estimate of drug-likeness (QED) is 0.0568. The van der Waals surface area contributed by atoms with Crippen molar-refractivity contribution in [2.24, 2.45) is 22.2 Å². The van der Waals surface area contributed by atoms with Gasteiger partial charge >= 0.3 is 11.9 Å². The predicted molar refractivity (Wildman–Crippen MR) is 120 cm³/mol. The third-order valence-corrected chi connectivity index (χ3v) is 3.82. The summed E-state index contributed by atoms with van der Waals surface area (Å²) in [6.07, 6.45) is -0.178. The Hall–Kier alpha value is -3.99. The minimum absolute atomic E-state index is 0.0927. The molecule has 200 valence electrons. The van der Waals surface area contributed by atoms with Crippen molar-refractivity contribution >= 4 is 41.6 Å². The Balaban J connectivity index is 0. The first-order chi connectivity index (χ1) is 16.2. The summed E-state index contributed by atoms with van der Waals surface area (Å²) >= 11 is 0. The molecule has 0 spiro atoms. The van der Waals surface area contributed by atoms with Crippen LogP contribution in [0.1, 0.15) is 32.6 Å². The van der Waals surface area contributed by atoms with E-state index in [9.17, 15) is 24.0 Å². The SMILES string of the molecule is CC(=O)O.NC(N)=NCCCC(N)C(=O)NCC(=O)NC(CCC(=O)O)C(=O)NC(CO)C(=O)O. The van der Waals surface area contributed by atoms with Gasteiger partial charge in [-0.2, -0.15) is 0 Å². The largest absolute Gasteiger partial charge is 0.481 e. The number of carbonyl (C=O) groups excluding carboxylic acids is 3. The highest BCUT2D eigenvalue weighted by Gasteiger charge is 2.27. The lowest BCUT2D eigenvalue weighted by molar-refractivity contribution is -0.144. The van der Waals surface area contributed by atoms with Crippen molar-refractivity contribution in [2.45, 2.75) is 50.7 Å². The summed E-state index contributed by atoms with van der Waals surface area (Å²) in [6, 6.07) is -3.97. The van der Waals surface area contributed by atoms with Gasteiger partial charge < -0.3 is 53.6 Å². The zero-order valence-corrected chi connectivity index (χ0v) is 19.1. The second-order valence-corrected chi connectivity index (χ2v) is 6.93. The summed E-state index contributed by atoms with van der Waals surface area (Å²) in [5.41, 5.74) is 16.0. The predicted octanol–water partition coefficient (Wildman–Crippen LogP) is -4.51. The Kier molecular flexibility index (Phi) is 17.5. The molecule has 0 aromatic heterocycles. The van der Waals surface area contributed by atoms with E-state index in [1.54, 1.807) is 0 Å². The van der Waals surface area contributed by atoms with Gasteiger partial charge in [-0.15, -0.1) is 0 Å². The van der Waals surface area contributed by atoms with Crippen LogP contribution in [-0.4, -0.2) is 99.8 Å². The Bertz CT molecular complexity index is 767. The van der Waals surface area contributed by atoms with Crippen LogP contribution in [0.25, 0.3) is 0 Å². The number of carbonyl (C=O) groups is 6. The standard InChI is InChI=1S/C16H29N7O8.C2H4O2/c17-8(2-1-5-20-16(18)19)13(28)21-6-11(25)22-9(3-4-12(26)27)14(29)23-10(7-24)15(30)31;1-2(3)4/h8-10,24H,1-7,17H2,(H,21,28)(H,22,25)(H,23,29)(H,26,27)(H,30,31)(H4,18,19,20);1H3,(H,3,4). The molecule has 0 radical (unpaired) electrons. The van der Waals surface area contributed by atoms with Gasteiger partial charge in [0, 0.05) is 19.9 Å². The molecule has 0 aliphatic rings. The minimum atomic E-state index is -1.63. The zero-order valence-electron chi connectivity index (χ0n) is 19.1. The third kappa shape index (κ3) is 19.2. The molecule has 0 aliphatic carbocycles. The molecule has 0 saturated carbocycles. The molecule has 3 unspecified atom stereocenters. The van der Waals surface area contributed by atoms with Gasteiger partial charge in [0.2, 0.25) is 17.7 Å². The smallest absolute Gasteiger partial charge is 0.328 e. The number of nitrogens with two attached hydrogens (primary N) is 3. The number of aliphatic carboxylic acids is 3. The van der Waals surface area contributed by atoms with E-state index in [1.807, 2.05) is 5.32 Å². The Morgan fingerprint density at radius 1 is 0.914 bits per heavy atom. The average Bonchev–Trinajstić information content (AvgIpc) is 2.74. The van der Waals surface area contributed by atoms with E-state index in [0.29, 0.717) is 6.42 Å². The molecule has 0 rings (SSSR count). The van der Waals surface area contributed by atoms with Crippen LogP contribution in [0.2, 0.25) is 0 Å². The molecule has 0 aliphatic heterocycles. The molecular formula is C18H33N7O10. The fraction of sp³-hybridized carbons (Fsp3) is 0.611. The number of carboxylic acids is 3. The number of hydrogen-bond donors (Lipinski definition) is 10. The molecule has 17 nitrogen and oxygen atoms in total. The Morgan fingerprint density at radius 2 is 1.49 bits per heavy atom. The molecular weight excluding hydrogens is 474 g/mol. The summed E-state index contributed by atoms with van der Waals surface area (Å²) in [5, 5.41) is 40.5. The fourth-order valence-corrected chi connectivity index (χ4v) is 2.19. The second kappa shape index (κ2) is 18.4. The van der Waals surface area contributed by atoms with Gasteiger partial charge in [-0.05, 0) is 19.3 Å². The summed E-state index contributed by atoms with van der Waals surface area (Å²) < 4.78 is 0. The van der Waals surface area contributed by atoms with Gasteiger partial charge in [-0.25, -0.2) is 4.79 Å². The number of aliphatic hydroxyl groups is 1. The Labute approximate surface area is 200 Å². The van der Waals surface area contributed by atoms with Crippen LogP contribution in [0.5, 0.6) is 0 Å². The number of guanidine groups is 1. The van der Waals surface area contributed by atoms with E-state index < -0.39 is 73.3 Å². The number of aliphatic hydroxyl groups excluding tert-OH is 1. The van der Waals surface area contributed by atoms with Crippen LogP contribution in [0, 0.1) is 0 Å². The first-order valence-corrected chi connectivity index (χ1v) is 10.1. The van der Waals surface area contributed by atoms with Crippen LogP contribution in [0.3, 0.4) is 0 Å². The monoisotopic (exact) mass is 507 g/mol. The summed E-state index contributed by atoms with van der Waals surface area (Å²) in [5.74, 6) is -6.16. The molecule has 3 atom stereocenters. The normalized spacial score (nSPS) is 12.4. The van der Waals surface area contributed by atoms with Crippen LogP contribution in [0.15, 0.2) is 4.99 Å². The van der Waals surface area contributed by atoms with Gasteiger partial charge in [0.1, 0.15) is 12.1 Å². The van der Waals surface area contributed by atoms with Gasteiger partial charge in [-0.3, -0.25) is 29.0 Å². The average molecular weight is 508 g/mol. The highest BCUT2D eigenvalue weighted by Crippen LogP contribution is 2.00. The van der Waals surface area contributed by atoms with Crippen molar-refractivity contribution in [2.75, 3.05) is 19.7 Å². The maximum absolute atomic E-state index is 12.2. The van der Waals surface area contributed by atoms with E-state index in [0.717, 1.165) is 6.92 Å². The minimum Gasteiger partial charge on any atom is -0.481 e. The summed E-state index contributed by atoms with van der Waals surface area (Å²) in [7, 11) is 0. The second-order valence-electron chi connectivity index (χ2n) is 6.93. The van der Waals surface area contributed by atoms with E-state index in [1.165, 1.54) is 0 Å². The first-order valence-electron chi connectivity index (χ1n) is 10.1. The molecule has 0 aromatic rings. The molecule has 0 bridgehead atoms. The van der Waals surface area contributed by atoms with E-state index >= 15 is 0 Å². The van der Waals surface area contributed by atoms with Crippen LogP contribution < -0.4 is 33.2 Å². The molecule has 17 heteroatoms. The van der Waals surface area contributed by atoms with E-state index in [2.05, 4.69) is 15.6 Å². The summed E-state index contributed by atoms with van der Waals surface area (Å²) in [4.78, 5) is 70.6. The van der Waals surface area contributed by atoms with Gasteiger partial charge in [0.15, 0.2) is 5.96 Å². The first kappa shape index (κ1) is 33.2. The number of nitrogens with zero attached hydrogens (tertiary/aromatic N) is 1. The maximum atomic E-state index is 12.2. The van der Waals surface area contributed by atoms with Gasteiger partial charge in [0.25, 0.3) is 5.97 Å². The molecule has 3 amide bonds. The molecule has 13 N–H and O–H groups in total. The fourth-order valence-electron chi connectivity index (χ4n) is 2.19. The highest BCUT2D eigenvalue weighted by molar-refractivity contribution is 5.92. The molecule has 0 saturated heterocycles.